The van der Waals surface area contributed by atoms with E-state index in [0.29, 0.717) is 0 Å². The quantitative estimate of drug-likeness (QED) is 0.849. The molecule has 1 unspecified atom stereocenters. The second kappa shape index (κ2) is 5.08. The molecule has 1 aliphatic rings. The van der Waals surface area contributed by atoms with Crippen molar-refractivity contribution in [2.45, 2.75) is 13.3 Å². The summed E-state index contributed by atoms with van der Waals surface area (Å²) in [5.41, 5.74) is 0.486. The van der Waals surface area contributed by atoms with Crippen molar-refractivity contribution in [1.82, 2.24) is 5.32 Å². The van der Waals surface area contributed by atoms with Gasteiger partial charge in [0.15, 0.2) is 0 Å². The molecule has 1 saturated heterocycles. The molecule has 0 aliphatic carbocycles. The second-order valence-corrected chi connectivity index (χ2v) is 6.25. The molecule has 1 amide bonds. The zero-order chi connectivity index (χ0) is 12.5. The lowest BCUT2D eigenvalue weighted by Gasteiger charge is -2.22. The minimum atomic E-state index is -0.311. The number of hydrogen-bond donors (Lipinski definition) is 2. The summed E-state index contributed by atoms with van der Waals surface area (Å²) in [7, 11) is 0. The summed E-state index contributed by atoms with van der Waals surface area (Å²) in [6.07, 6.45) is 0.876. The molecule has 0 radical (unpaired) electrons. The largest absolute Gasteiger partial charge is 0.324 e. The van der Waals surface area contributed by atoms with Crippen molar-refractivity contribution in [3.8, 4) is 0 Å². The third-order valence-corrected chi connectivity index (χ3v) is 4.44. The van der Waals surface area contributed by atoms with E-state index < -0.39 is 0 Å². The van der Waals surface area contributed by atoms with E-state index in [0.717, 1.165) is 34.1 Å². The number of carbonyl (C=O) groups is 1. The number of carbonyl (C=O) groups excluding carboxylic acids is 1. The molecule has 1 aromatic rings. The Kier molecular flexibility index (Phi) is 3.90. The summed E-state index contributed by atoms with van der Waals surface area (Å²) in [6, 6.07) is 5.74. The van der Waals surface area contributed by atoms with Gasteiger partial charge in [-0.05, 0) is 63.9 Å². The molecule has 1 heterocycles. The number of hydrogen-bond acceptors (Lipinski definition) is 2. The van der Waals surface area contributed by atoms with Crippen LogP contribution in [-0.2, 0) is 4.79 Å². The maximum Gasteiger partial charge on any atom is 0.231 e. The number of anilines is 1. The Hall–Kier alpha value is -0.390. The van der Waals surface area contributed by atoms with Crippen molar-refractivity contribution in [2.24, 2.45) is 5.41 Å². The van der Waals surface area contributed by atoms with Gasteiger partial charge in [-0.1, -0.05) is 6.07 Å². The Labute approximate surface area is 118 Å². The molecular weight excluding hydrogens is 348 g/mol. The molecule has 5 heteroatoms. The number of rotatable bonds is 2. The van der Waals surface area contributed by atoms with Crippen LogP contribution in [0.25, 0.3) is 0 Å². The summed E-state index contributed by atoms with van der Waals surface area (Å²) in [5.74, 6) is 0.0649. The molecule has 0 bridgehead atoms. The number of benzene rings is 1. The van der Waals surface area contributed by atoms with Gasteiger partial charge in [-0.15, -0.1) is 0 Å². The molecule has 1 fully saturated rings. The Morgan fingerprint density at radius 3 is 2.59 bits per heavy atom. The molecule has 2 N–H and O–H groups in total. The van der Waals surface area contributed by atoms with E-state index in [1.165, 1.54) is 0 Å². The van der Waals surface area contributed by atoms with Crippen molar-refractivity contribution in [2.75, 3.05) is 18.4 Å². The Balaban J connectivity index is 2.18. The summed E-state index contributed by atoms with van der Waals surface area (Å²) in [5, 5.41) is 6.21. The minimum absolute atomic E-state index is 0.0649. The number of amides is 1. The van der Waals surface area contributed by atoms with Crippen LogP contribution in [0.3, 0.4) is 0 Å². The lowest BCUT2D eigenvalue weighted by atomic mass is 9.89. The third-order valence-electron chi connectivity index (χ3n) is 3.12. The van der Waals surface area contributed by atoms with Crippen molar-refractivity contribution >= 4 is 43.5 Å². The van der Waals surface area contributed by atoms with E-state index in [9.17, 15) is 4.79 Å². The van der Waals surface area contributed by atoms with Crippen LogP contribution in [0.5, 0.6) is 0 Å². The fourth-order valence-electron chi connectivity index (χ4n) is 1.89. The summed E-state index contributed by atoms with van der Waals surface area (Å²) in [6.45, 7) is 3.63. The van der Waals surface area contributed by atoms with Crippen LogP contribution in [0.1, 0.15) is 13.3 Å². The first-order valence-corrected chi connectivity index (χ1v) is 7.08. The SMILES string of the molecule is CC1(C(=O)Nc2c(Br)cccc2Br)CCNC1. The topological polar surface area (TPSA) is 41.1 Å². The van der Waals surface area contributed by atoms with Gasteiger partial charge in [0.05, 0.1) is 11.1 Å². The number of nitrogens with one attached hydrogen (secondary N) is 2. The zero-order valence-electron chi connectivity index (χ0n) is 9.52. The lowest BCUT2D eigenvalue weighted by molar-refractivity contribution is -0.123. The van der Waals surface area contributed by atoms with E-state index in [1.807, 2.05) is 25.1 Å². The summed E-state index contributed by atoms with van der Waals surface area (Å²) < 4.78 is 1.77. The third kappa shape index (κ3) is 2.72. The molecule has 0 saturated carbocycles. The average molecular weight is 362 g/mol. The highest BCUT2D eigenvalue weighted by Crippen LogP contribution is 2.33. The Morgan fingerprint density at radius 1 is 1.41 bits per heavy atom. The van der Waals surface area contributed by atoms with Crippen LogP contribution in [0.4, 0.5) is 5.69 Å². The van der Waals surface area contributed by atoms with Gasteiger partial charge in [-0.2, -0.15) is 0 Å². The predicted molar refractivity (Wildman–Crippen MR) is 76.1 cm³/mol. The molecule has 0 spiro atoms. The van der Waals surface area contributed by atoms with Crippen LogP contribution < -0.4 is 10.6 Å². The average Bonchev–Trinajstić information content (AvgIpc) is 2.72. The predicted octanol–water partition coefficient (Wildman–Crippen LogP) is 3.15. The molecule has 17 heavy (non-hydrogen) atoms. The van der Waals surface area contributed by atoms with Crippen molar-refractivity contribution in [1.29, 1.82) is 0 Å². The first kappa shape index (κ1) is 13.1. The fourth-order valence-corrected chi connectivity index (χ4v) is 3.09. The van der Waals surface area contributed by atoms with Crippen LogP contribution in [0.2, 0.25) is 0 Å². The number of halogens is 2. The smallest absolute Gasteiger partial charge is 0.231 e. The zero-order valence-corrected chi connectivity index (χ0v) is 12.7. The van der Waals surface area contributed by atoms with Gasteiger partial charge in [0.25, 0.3) is 0 Å². The first-order chi connectivity index (χ1) is 8.03. The molecule has 2 rings (SSSR count). The monoisotopic (exact) mass is 360 g/mol. The maximum absolute atomic E-state index is 12.2. The summed E-state index contributed by atoms with van der Waals surface area (Å²) in [4.78, 5) is 12.2. The molecule has 92 valence electrons. The van der Waals surface area contributed by atoms with Gasteiger partial charge < -0.3 is 10.6 Å². The number of para-hydroxylation sites is 1. The Morgan fingerprint density at radius 2 is 2.06 bits per heavy atom. The van der Waals surface area contributed by atoms with Gasteiger partial charge in [0.2, 0.25) is 5.91 Å². The highest BCUT2D eigenvalue weighted by atomic mass is 79.9. The maximum atomic E-state index is 12.2. The molecule has 1 atom stereocenters. The van der Waals surface area contributed by atoms with Crippen LogP contribution in [0, 0.1) is 5.41 Å². The molecule has 1 aliphatic heterocycles. The molecule has 3 nitrogen and oxygen atoms in total. The van der Waals surface area contributed by atoms with E-state index in [4.69, 9.17) is 0 Å². The van der Waals surface area contributed by atoms with E-state index in [-0.39, 0.29) is 11.3 Å². The fraction of sp³-hybridized carbons (Fsp3) is 0.417. The van der Waals surface area contributed by atoms with Crippen LogP contribution >= 0.6 is 31.9 Å². The molecular formula is C12H14Br2N2O. The van der Waals surface area contributed by atoms with Gasteiger partial charge in [-0.3, -0.25) is 4.79 Å². The molecule has 0 aromatic heterocycles. The normalized spacial score (nSPS) is 23.7. The highest BCUT2D eigenvalue weighted by Gasteiger charge is 2.36. The minimum Gasteiger partial charge on any atom is -0.324 e. The van der Waals surface area contributed by atoms with E-state index in [1.54, 1.807) is 0 Å². The van der Waals surface area contributed by atoms with Gasteiger partial charge in [0, 0.05) is 15.5 Å². The van der Waals surface area contributed by atoms with Gasteiger partial charge >= 0.3 is 0 Å². The van der Waals surface area contributed by atoms with Gasteiger partial charge in [0.1, 0.15) is 0 Å². The van der Waals surface area contributed by atoms with Crippen LogP contribution in [-0.4, -0.2) is 19.0 Å². The van der Waals surface area contributed by atoms with E-state index in [2.05, 4.69) is 42.5 Å². The second-order valence-electron chi connectivity index (χ2n) is 4.54. The van der Waals surface area contributed by atoms with Crippen molar-refractivity contribution < 1.29 is 4.79 Å². The first-order valence-electron chi connectivity index (χ1n) is 5.49. The van der Waals surface area contributed by atoms with Crippen LogP contribution in [0.15, 0.2) is 27.1 Å². The van der Waals surface area contributed by atoms with E-state index >= 15 is 0 Å². The molecule has 1 aromatic carbocycles. The summed E-state index contributed by atoms with van der Waals surface area (Å²) >= 11 is 6.88. The van der Waals surface area contributed by atoms with Crippen molar-refractivity contribution in [3.05, 3.63) is 27.1 Å². The standard InChI is InChI=1S/C12H14Br2N2O/c1-12(5-6-15-7-12)11(17)16-10-8(13)3-2-4-9(10)14/h2-4,15H,5-7H2,1H3,(H,16,17). The lowest BCUT2D eigenvalue weighted by Crippen LogP contribution is -2.35. The Bertz CT molecular complexity index is 422. The van der Waals surface area contributed by atoms with Gasteiger partial charge in [-0.25, -0.2) is 0 Å². The highest BCUT2D eigenvalue weighted by molar-refractivity contribution is 9.11. The van der Waals surface area contributed by atoms with Crippen molar-refractivity contribution in [3.63, 3.8) is 0 Å².